The van der Waals surface area contributed by atoms with Crippen molar-refractivity contribution in [2.45, 2.75) is 31.7 Å². The fourth-order valence-electron chi connectivity index (χ4n) is 2.75. The number of rotatable bonds is 6. The summed E-state index contributed by atoms with van der Waals surface area (Å²) in [7, 11) is 0.380. The normalized spacial score (nSPS) is 13.2. The first-order valence-electron chi connectivity index (χ1n) is 8.00. The van der Waals surface area contributed by atoms with E-state index < -0.39 is 10.0 Å². The van der Waals surface area contributed by atoms with Gasteiger partial charge in [-0.15, -0.1) is 0 Å². The maximum absolute atomic E-state index is 12.6. The predicted octanol–water partition coefficient (Wildman–Crippen LogP) is 3.19. The summed E-state index contributed by atoms with van der Waals surface area (Å²) in [6.45, 7) is 6.14. The maximum atomic E-state index is 12.6. The topological polar surface area (TPSA) is 49.4 Å². The molecular formula is C19H26N2O2S. The van der Waals surface area contributed by atoms with E-state index in [1.54, 1.807) is 6.07 Å². The highest BCUT2D eigenvalue weighted by Gasteiger charge is 2.21. The van der Waals surface area contributed by atoms with Gasteiger partial charge in [-0.25, -0.2) is 13.1 Å². The molecule has 2 aromatic carbocycles. The van der Waals surface area contributed by atoms with E-state index in [1.165, 1.54) is 5.56 Å². The molecule has 0 aliphatic rings. The van der Waals surface area contributed by atoms with E-state index in [0.717, 1.165) is 16.7 Å². The molecule has 0 fully saturated rings. The summed E-state index contributed by atoms with van der Waals surface area (Å²) in [5, 5.41) is 0. The van der Waals surface area contributed by atoms with Crippen LogP contribution in [0.4, 0.5) is 0 Å². The van der Waals surface area contributed by atoms with Crippen molar-refractivity contribution in [3.05, 3.63) is 64.7 Å². The molecule has 0 bridgehead atoms. The van der Waals surface area contributed by atoms with E-state index in [2.05, 4.69) is 4.72 Å². The predicted molar refractivity (Wildman–Crippen MR) is 98.7 cm³/mol. The van der Waals surface area contributed by atoms with Crippen LogP contribution in [-0.4, -0.2) is 34.0 Å². The standard InChI is InChI=1S/C19H26N2O2S/c1-14-6-9-17(10-7-14)18(21(4)5)13-20-24(22,23)19-11-8-15(2)12-16(19)3/h6-12,18,20H,13H2,1-5H3. The number of likely N-dealkylation sites (N-methyl/N-ethyl adjacent to an activating group) is 1. The SMILES string of the molecule is Cc1ccc(C(CNS(=O)(=O)c2ccc(C)cc2C)N(C)C)cc1. The number of hydrogen-bond acceptors (Lipinski definition) is 3. The van der Waals surface area contributed by atoms with Crippen molar-refractivity contribution in [1.82, 2.24) is 9.62 Å². The summed E-state index contributed by atoms with van der Waals surface area (Å²) < 4.78 is 28.1. The van der Waals surface area contributed by atoms with Crippen LogP contribution in [0.25, 0.3) is 0 Å². The third-order valence-electron chi connectivity index (χ3n) is 4.17. The van der Waals surface area contributed by atoms with Gasteiger partial charge in [0, 0.05) is 12.6 Å². The van der Waals surface area contributed by atoms with E-state index in [1.807, 2.05) is 76.2 Å². The molecule has 0 aliphatic heterocycles. The summed E-state index contributed by atoms with van der Waals surface area (Å²) >= 11 is 0. The minimum atomic E-state index is -3.53. The Labute approximate surface area is 145 Å². The van der Waals surface area contributed by atoms with Crippen molar-refractivity contribution in [2.75, 3.05) is 20.6 Å². The fraction of sp³-hybridized carbons (Fsp3) is 0.368. The Morgan fingerprint density at radius 1 is 0.958 bits per heavy atom. The van der Waals surface area contributed by atoms with Crippen molar-refractivity contribution in [3.8, 4) is 0 Å². The zero-order valence-electron chi connectivity index (χ0n) is 15.0. The van der Waals surface area contributed by atoms with Crippen molar-refractivity contribution >= 4 is 10.0 Å². The lowest BCUT2D eigenvalue weighted by atomic mass is 10.0. The first-order chi connectivity index (χ1) is 11.2. The van der Waals surface area contributed by atoms with Gasteiger partial charge >= 0.3 is 0 Å². The van der Waals surface area contributed by atoms with E-state index in [9.17, 15) is 8.42 Å². The van der Waals surface area contributed by atoms with Gasteiger partial charge in [0.15, 0.2) is 0 Å². The summed E-state index contributed by atoms with van der Waals surface area (Å²) in [5.41, 5.74) is 4.09. The Morgan fingerprint density at radius 3 is 2.08 bits per heavy atom. The van der Waals surface area contributed by atoms with Gasteiger partial charge in [0.2, 0.25) is 10.0 Å². The largest absolute Gasteiger partial charge is 0.301 e. The molecule has 1 unspecified atom stereocenters. The van der Waals surface area contributed by atoms with Crippen LogP contribution in [0.15, 0.2) is 47.4 Å². The number of nitrogens with one attached hydrogen (secondary N) is 1. The Morgan fingerprint density at radius 2 is 1.54 bits per heavy atom. The van der Waals surface area contributed by atoms with Gasteiger partial charge in [-0.1, -0.05) is 47.5 Å². The Bertz CT molecular complexity index is 797. The van der Waals surface area contributed by atoms with Crippen molar-refractivity contribution < 1.29 is 8.42 Å². The molecule has 1 atom stereocenters. The molecule has 2 aromatic rings. The van der Waals surface area contributed by atoms with Crippen LogP contribution in [0.5, 0.6) is 0 Å². The number of aryl methyl sites for hydroxylation is 3. The lowest BCUT2D eigenvalue weighted by molar-refractivity contribution is 0.299. The lowest BCUT2D eigenvalue weighted by Crippen LogP contribution is -2.34. The Hall–Kier alpha value is -1.69. The molecule has 24 heavy (non-hydrogen) atoms. The van der Waals surface area contributed by atoms with E-state index in [4.69, 9.17) is 0 Å². The van der Waals surface area contributed by atoms with Gasteiger partial charge in [-0.05, 0) is 52.1 Å². The molecule has 0 amide bonds. The van der Waals surface area contributed by atoms with E-state index in [-0.39, 0.29) is 6.04 Å². The second-order valence-electron chi connectivity index (χ2n) is 6.51. The van der Waals surface area contributed by atoms with E-state index in [0.29, 0.717) is 11.4 Å². The van der Waals surface area contributed by atoms with Crippen molar-refractivity contribution in [3.63, 3.8) is 0 Å². The monoisotopic (exact) mass is 346 g/mol. The lowest BCUT2D eigenvalue weighted by Gasteiger charge is -2.25. The van der Waals surface area contributed by atoms with Gasteiger partial charge in [0.25, 0.3) is 0 Å². The highest BCUT2D eigenvalue weighted by molar-refractivity contribution is 7.89. The van der Waals surface area contributed by atoms with Crippen LogP contribution < -0.4 is 4.72 Å². The van der Waals surface area contributed by atoms with Crippen molar-refractivity contribution in [2.24, 2.45) is 0 Å². The van der Waals surface area contributed by atoms with Gasteiger partial charge in [0.05, 0.1) is 4.90 Å². The molecule has 1 N–H and O–H groups in total. The van der Waals surface area contributed by atoms with Gasteiger partial charge in [-0.3, -0.25) is 0 Å². The van der Waals surface area contributed by atoms with Gasteiger partial charge in [0.1, 0.15) is 0 Å². The molecule has 0 radical (unpaired) electrons. The second kappa shape index (κ2) is 7.47. The van der Waals surface area contributed by atoms with Crippen LogP contribution in [-0.2, 0) is 10.0 Å². The second-order valence-corrected chi connectivity index (χ2v) is 8.25. The minimum absolute atomic E-state index is 0.0221. The van der Waals surface area contributed by atoms with Gasteiger partial charge < -0.3 is 4.90 Å². The summed E-state index contributed by atoms with van der Waals surface area (Å²) in [6.07, 6.45) is 0. The first-order valence-corrected chi connectivity index (χ1v) is 9.49. The minimum Gasteiger partial charge on any atom is -0.301 e. The van der Waals surface area contributed by atoms with Crippen LogP contribution in [0.3, 0.4) is 0 Å². The molecule has 2 rings (SSSR count). The highest BCUT2D eigenvalue weighted by atomic mass is 32.2. The molecule has 4 nitrogen and oxygen atoms in total. The van der Waals surface area contributed by atoms with Gasteiger partial charge in [-0.2, -0.15) is 0 Å². The van der Waals surface area contributed by atoms with Crippen LogP contribution in [0.1, 0.15) is 28.3 Å². The first kappa shape index (κ1) is 18.6. The molecule has 0 aliphatic carbocycles. The summed E-state index contributed by atoms with van der Waals surface area (Å²) in [6, 6.07) is 13.5. The van der Waals surface area contributed by atoms with Crippen LogP contribution >= 0.6 is 0 Å². The average Bonchev–Trinajstić information content (AvgIpc) is 2.48. The molecule has 0 saturated carbocycles. The third-order valence-corrected chi connectivity index (χ3v) is 5.76. The smallest absolute Gasteiger partial charge is 0.240 e. The van der Waals surface area contributed by atoms with Crippen LogP contribution in [0, 0.1) is 20.8 Å². The molecule has 0 aromatic heterocycles. The molecule has 0 saturated heterocycles. The quantitative estimate of drug-likeness (QED) is 0.874. The molecule has 130 valence electrons. The highest BCUT2D eigenvalue weighted by Crippen LogP contribution is 2.20. The molecular weight excluding hydrogens is 320 g/mol. The van der Waals surface area contributed by atoms with Crippen LogP contribution in [0.2, 0.25) is 0 Å². The zero-order valence-corrected chi connectivity index (χ0v) is 15.8. The maximum Gasteiger partial charge on any atom is 0.240 e. The average molecular weight is 346 g/mol. The number of nitrogens with zero attached hydrogens (tertiary/aromatic N) is 1. The molecule has 5 heteroatoms. The number of sulfonamides is 1. The number of hydrogen-bond donors (Lipinski definition) is 1. The van der Waals surface area contributed by atoms with Crippen molar-refractivity contribution in [1.29, 1.82) is 0 Å². The molecule has 0 spiro atoms. The summed E-state index contributed by atoms with van der Waals surface area (Å²) in [4.78, 5) is 2.37. The summed E-state index contributed by atoms with van der Waals surface area (Å²) in [5.74, 6) is 0. The van der Waals surface area contributed by atoms with E-state index >= 15 is 0 Å². The molecule has 0 heterocycles. The Balaban J connectivity index is 2.20. The zero-order chi connectivity index (χ0) is 17.9. The third kappa shape index (κ3) is 4.44. The number of benzene rings is 2. The fourth-order valence-corrected chi connectivity index (χ4v) is 4.02. The Kier molecular flexibility index (Phi) is 5.80.